The Hall–Kier alpha value is -4.30. The first-order chi connectivity index (χ1) is 18.6. The summed E-state index contributed by atoms with van der Waals surface area (Å²) < 4.78 is 11.9. The van der Waals surface area contributed by atoms with Crippen LogP contribution < -0.4 is 9.64 Å². The van der Waals surface area contributed by atoms with E-state index in [0.717, 1.165) is 33.7 Å². The molecule has 0 N–H and O–H groups in total. The topological polar surface area (TPSA) is 102 Å². The average molecular weight is 546 g/mol. The number of carbonyl (C=O) groups is 2. The molecule has 0 aliphatic rings. The maximum Gasteiger partial charge on any atom is 0.316 e. The summed E-state index contributed by atoms with van der Waals surface area (Å²) >= 11 is 6.56. The van der Waals surface area contributed by atoms with Gasteiger partial charge in [0.2, 0.25) is 0 Å². The van der Waals surface area contributed by atoms with Gasteiger partial charge in [-0.2, -0.15) is 0 Å². The number of hydrogen-bond donors (Lipinski definition) is 0. The molecule has 0 saturated carbocycles. The molecule has 2 amide bonds. The summed E-state index contributed by atoms with van der Waals surface area (Å²) in [5.41, 5.74) is 5.78. The van der Waals surface area contributed by atoms with Crippen LogP contribution in [0.3, 0.4) is 0 Å². The first-order valence-electron chi connectivity index (χ1n) is 12.4. The standard InChI is InChI=1S/C30H28ClN3O5/c1-17(2)28-23(27(33-39-28)26-18(3)7-6-8-19(26)4)16-38-22-13-14-25(24(31)15-22)34(5)30(36)21-11-9-20(10-12-21)29(35)32-37/h6-15,17H,16H2,1-5H3. The third-order valence-electron chi connectivity index (χ3n) is 6.49. The van der Waals surface area contributed by atoms with Crippen LogP contribution in [0.2, 0.25) is 5.02 Å². The molecule has 0 saturated heterocycles. The predicted molar refractivity (Wildman–Crippen MR) is 151 cm³/mol. The molecule has 0 atom stereocenters. The number of aryl methyl sites for hydroxylation is 2. The number of ether oxygens (including phenoxy) is 1. The SMILES string of the molecule is Cc1cccc(C)c1-c1noc(C(C)C)c1COc1ccc(N(C)C(=O)c2ccc(C(=O)N=O)cc2)c(Cl)c1. The Morgan fingerprint density at radius 1 is 1.03 bits per heavy atom. The molecular formula is C30H28ClN3O5. The molecule has 0 unspecified atom stereocenters. The molecule has 1 heterocycles. The zero-order chi connectivity index (χ0) is 28.3. The molecule has 4 rings (SSSR count). The maximum absolute atomic E-state index is 13.0. The van der Waals surface area contributed by atoms with Crippen LogP contribution in [0.25, 0.3) is 11.3 Å². The average Bonchev–Trinajstić information content (AvgIpc) is 3.34. The number of hydrogen-bond acceptors (Lipinski definition) is 6. The zero-order valence-corrected chi connectivity index (χ0v) is 23.1. The molecule has 0 bridgehead atoms. The summed E-state index contributed by atoms with van der Waals surface area (Å²) in [6.07, 6.45) is 0. The zero-order valence-electron chi connectivity index (χ0n) is 22.3. The molecule has 0 aliphatic heterocycles. The number of halogens is 1. The molecule has 200 valence electrons. The number of carbonyl (C=O) groups excluding carboxylic acids is 2. The van der Waals surface area contributed by atoms with E-state index in [-0.39, 0.29) is 24.0 Å². The lowest BCUT2D eigenvalue weighted by molar-refractivity contribution is 0.0985. The van der Waals surface area contributed by atoms with Crippen molar-refractivity contribution in [2.24, 2.45) is 5.18 Å². The summed E-state index contributed by atoms with van der Waals surface area (Å²) in [4.78, 5) is 36.2. The van der Waals surface area contributed by atoms with Crippen LogP contribution in [0.5, 0.6) is 5.75 Å². The van der Waals surface area contributed by atoms with E-state index in [1.165, 1.54) is 29.2 Å². The van der Waals surface area contributed by atoms with Gasteiger partial charge in [0.05, 0.1) is 16.3 Å². The van der Waals surface area contributed by atoms with Crippen molar-refractivity contribution in [2.75, 3.05) is 11.9 Å². The second-order valence-electron chi connectivity index (χ2n) is 9.54. The van der Waals surface area contributed by atoms with Crippen molar-refractivity contribution >= 4 is 29.1 Å². The van der Waals surface area contributed by atoms with Gasteiger partial charge in [0, 0.05) is 40.9 Å². The first-order valence-corrected chi connectivity index (χ1v) is 12.7. The summed E-state index contributed by atoms with van der Waals surface area (Å²) in [5, 5.41) is 7.11. The van der Waals surface area contributed by atoms with Crippen molar-refractivity contribution in [3.63, 3.8) is 0 Å². The number of nitrogens with zero attached hydrogens (tertiary/aromatic N) is 3. The van der Waals surface area contributed by atoms with Gasteiger partial charge in [0.15, 0.2) is 0 Å². The van der Waals surface area contributed by atoms with Crippen LogP contribution in [-0.4, -0.2) is 24.0 Å². The highest BCUT2D eigenvalue weighted by molar-refractivity contribution is 6.34. The summed E-state index contributed by atoms with van der Waals surface area (Å²) in [6.45, 7) is 8.40. The van der Waals surface area contributed by atoms with Gasteiger partial charge >= 0.3 is 5.91 Å². The number of rotatable bonds is 8. The van der Waals surface area contributed by atoms with Gasteiger partial charge in [-0.1, -0.05) is 48.8 Å². The highest BCUT2D eigenvalue weighted by Gasteiger charge is 2.23. The van der Waals surface area contributed by atoms with Crippen molar-refractivity contribution in [1.82, 2.24) is 5.16 Å². The van der Waals surface area contributed by atoms with Crippen LogP contribution in [-0.2, 0) is 6.61 Å². The van der Waals surface area contributed by atoms with E-state index in [1.807, 2.05) is 45.9 Å². The van der Waals surface area contributed by atoms with Gasteiger partial charge in [0.1, 0.15) is 23.8 Å². The largest absolute Gasteiger partial charge is 0.489 e. The number of amides is 2. The van der Waals surface area contributed by atoms with Crippen molar-refractivity contribution in [1.29, 1.82) is 0 Å². The van der Waals surface area contributed by atoms with Crippen molar-refractivity contribution < 1.29 is 18.8 Å². The summed E-state index contributed by atoms with van der Waals surface area (Å²) in [5.74, 6) is 0.165. The number of nitroso groups, excluding NO2 is 1. The van der Waals surface area contributed by atoms with E-state index in [9.17, 15) is 14.5 Å². The third kappa shape index (κ3) is 5.76. The van der Waals surface area contributed by atoms with Gasteiger partial charge in [-0.05, 0) is 61.4 Å². The fraction of sp³-hybridized carbons (Fsp3) is 0.233. The summed E-state index contributed by atoms with van der Waals surface area (Å²) in [6, 6.07) is 16.9. The lowest BCUT2D eigenvalue weighted by atomic mass is 9.95. The van der Waals surface area contributed by atoms with Crippen molar-refractivity contribution in [2.45, 2.75) is 40.2 Å². The second kappa shape index (κ2) is 11.6. The Labute approximate surface area is 231 Å². The Kier molecular flexibility index (Phi) is 8.26. The van der Waals surface area contributed by atoms with Crippen molar-refractivity contribution in [3.05, 3.63) is 104 Å². The molecule has 3 aromatic carbocycles. The normalized spacial score (nSPS) is 10.9. The number of aromatic nitrogens is 1. The van der Waals surface area contributed by atoms with Crippen LogP contribution in [0.1, 0.15) is 62.9 Å². The van der Waals surface area contributed by atoms with E-state index in [0.29, 0.717) is 22.0 Å². The molecule has 0 aliphatic carbocycles. The Balaban J connectivity index is 1.54. The lowest BCUT2D eigenvalue weighted by Crippen LogP contribution is -2.26. The monoisotopic (exact) mass is 545 g/mol. The Bertz CT molecular complexity index is 1520. The third-order valence-corrected chi connectivity index (χ3v) is 6.79. The van der Waals surface area contributed by atoms with E-state index >= 15 is 0 Å². The van der Waals surface area contributed by atoms with Crippen molar-refractivity contribution in [3.8, 4) is 17.0 Å². The highest BCUT2D eigenvalue weighted by atomic mass is 35.5. The smallest absolute Gasteiger partial charge is 0.316 e. The first kappa shape index (κ1) is 27.7. The second-order valence-corrected chi connectivity index (χ2v) is 9.94. The van der Waals surface area contributed by atoms with E-state index in [2.05, 4.69) is 10.3 Å². The minimum atomic E-state index is -0.895. The van der Waals surface area contributed by atoms with Crippen LogP contribution in [0.4, 0.5) is 5.69 Å². The molecule has 0 fully saturated rings. The van der Waals surface area contributed by atoms with Crippen LogP contribution >= 0.6 is 11.6 Å². The molecule has 9 heteroatoms. The van der Waals surface area contributed by atoms with E-state index in [1.54, 1.807) is 25.2 Å². The molecule has 8 nitrogen and oxygen atoms in total. The van der Waals surface area contributed by atoms with Crippen LogP contribution in [0, 0.1) is 18.8 Å². The fourth-order valence-corrected chi connectivity index (χ4v) is 4.71. The minimum absolute atomic E-state index is 0.109. The molecule has 4 aromatic rings. The minimum Gasteiger partial charge on any atom is -0.489 e. The highest BCUT2D eigenvalue weighted by Crippen LogP contribution is 2.35. The van der Waals surface area contributed by atoms with E-state index < -0.39 is 5.91 Å². The number of anilines is 1. The quantitative estimate of drug-likeness (QED) is 0.212. The molecular weight excluding hydrogens is 518 g/mol. The fourth-order valence-electron chi connectivity index (χ4n) is 4.42. The van der Waals surface area contributed by atoms with Gasteiger partial charge in [-0.25, -0.2) is 0 Å². The van der Waals surface area contributed by atoms with Gasteiger partial charge < -0.3 is 14.2 Å². The van der Waals surface area contributed by atoms with Gasteiger partial charge in [-0.3, -0.25) is 9.59 Å². The molecule has 0 spiro atoms. The van der Waals surface area contributed by atoms with E-state index in [4.69, 9.17) is 20.9 Å². The predicted octanol–water partition coefficient (Wildman–Crippen LogP) is 7.50. The molecule has 0 radical (unpaired) electrons. The maximum atomic E-state index is 13.0. The lowest BCUT2D eigenvalue weighted by Gasteiger charge is -2.19. The van der Waals surface area contributed by atoms with Crippen LogP contribution in [0.15, 0.2) is 70.4 Å². The Morgan fingerprint density at radius 3 is 2.26 bits per heavy atom. The number of benzene rings is 3. The molecule has 39 heavy (non-hydrogen) atoms. The van der Waals surface area contributed by atoms with Gasteiger partial charge in [0.25, 0.3) is 5.91 Å². The molecule has 1 aromatic heterocycles. The summed E-state index contributed by atoms with van der Waals surface area (Å²) in [7, 11) is 1.60. The van der Waals surface area contributed by atoms with Gasteiger partial charge in [-0.15, -0.1) is 4.91 Å². The Morgan fingerprint density at radius 2 is 1.67 bits per heavy atom.